The Morgan fingerprint density at radius 3 is 2.88 bits per heavy atom. The predicted octanol–water partition coefficient (Wildman–Crippen LogP) is 3.74. The van der Waals surface area contributed by atoms with E-state index in [2.05, 4.69) is 44.8 Å². The van der Waals surface area contributed by atoms with E-state index in [1.54, 1.807) is 0 Å². The van der Waals surface area contributed by atoms with Gasteiger partial charge in [0, 0.05) is 48.4 Å². The fourth-order valence-corrected chi connectivity index (χ4v) is 6.12. The lowest BCUT2D eigenvalue weighted by Gasteiger charge is -2.34. The maximum absolute atomic E-state index is 12.7. The summed E-state index contributed by atoms with van der Waals surface area (Å²) < 4.78 is 0. The first-order valence-electron chi connectivity index (χ1n) is 11.5. The Hall–Kier alpha value is -2.64. The quantitative estimate of drug-likeness (QED) is 0.553. The van der Waals surface area contributed by atoms with E-state index in [4.69, 9.17) is 5.73 Å². The van der Waals surface area contributed by atoms with Crippen molar-refractivity contribution in [2.45, 2.75) is 32.6 Å². The summed E-state index contributed by atoms with van der Waals surface area (Å²) >= 11 is 1.36. The molecule has 2 aromatic heterocycles. The Bertz CT molecular complexity index is 1120. The highest BCUT2D eigenvalue weighted by atomic mass is 32.1. The fraction of sp³-hybridized carbons (Fsp3) is 0.440. The minimum atomic E-state index is -0.122. The molecule has 1 atom stereocenters. The van der Waals surface area contributed by atoms with Gasteiger partial charge in [0.1, 0.15) is 9.71 Å². The summed E-state index contributed by atoms with van der Waals surface area (Å²) in [5.74, 6) is -0.122. The van der Waals surface area contributed by atoms with E-state index >= 15 is 0 Å². The van der Waals surface area contributed by atoms with Crippen molar-refractivity contribution in [1.82, 2.24) is 15.6 Å². The van der Waals surface area contributed by atoms with Gasteiger partial charge < -0.3 is 21.3 Å². The molecule has 1 spiro atoms. The van der Waals surface area contributed by atoms with Gasteiger partial charge in [-0.05, 0) is 69.0 Å². The van der Waals surface area contributed by atoms with Gasteiger partial charge in [-0.2, -0.15) is 0 Å². The summed E-state index contributed by atoms with van der Waals surface area (Å²) in [6.07, 6.45) is 4.71. The summed E-state index contributed by atoms with van der Waals surface area (Å²) in [6, 6.07) is 12.7. The van der Waals surface area contributed by atoms with Crippen LogP contribution in [0.2, 0.25) is 0 Å². The lowest BCUT2D eigenvalue weighted by atomic mass is 9.80. The molecule has 0 bridgehead atoms. The standard InChI is InChI=1S/C25H31N5OS/c1-17-3-8-20-21(26)22(32-24(20)29-17)23(31)28-13-9-18-4-6-19(7-5-18)30-14-11-25(16-30)10-2-12-27-15-25/h3-8,27H,2,9-16,26H2,1H3,(H,28,31)/t25-/m1/s1. The number of benzene rings is 1. The van der Waals surface area contributed by atoms with Crippen molar-refractivity contribution in [1.29, 1.82) is 0 Å². The van der Waals surface area contributed by atoms with Crippen molar-refractivity contribution in [2.24, 2.45) is 5.41 Å². The Morgan fingerprint density at radius 1 is 1.25 bits per heavy atom. The number of aryl methyl sites for hydroxylation is 1. The molecule has 4 heterocycles. The molecule has 5 rings (SSSR count). The average molecular weight is 450 g/mol. The minimum absolute atomic E-state index is 0.122. The number of nitrogens with two attached hydrogens (primary N) is 1. The first kappa shape index (κ1) is 21.2. The van der Waals surface area contributed by atoms with Gasteiger partial charge in [-0.3, -0.25) is 4.79 Å². The van der Waals surface area contributed by atoms with Crippen molar-refractivity contribution in [3.8, 4) is 0 Å². The number of fused-ring (bicyclic) bond motifs is 1. The van der Waals surface area contributed by atoms with Crippen LogP contribution >= 0.6 is 11.3 Å². The van der Waals surface area contributed by atoms with E-state index in [9.17, 15) is 4.79 Å². The van der Waals surface area contributed by atoms with Crippen LogP contribution in [-0.4, -0.2) is 43.6 Å². The second kappa shape index (κ2) is 8.71. The Kier molecular flexibility index (Phi) is 5.78. The van der Waals surface area contributed by atoms with Crippen molar-refractivity contribution < 1.29 is 4.79 Å². The van der Waals surface area contributed by atoms with Crippen LogP contribution in [0.5, 0.6) is 0 Å². The smallest absolute Gasteiger partial charge is 0.263 e. The number of hydrogen-bond donors (Lipinski definition) is 3. The van der Waals surface area contributed by atoms with Crippen LogP contribution in [-0.2, 0) is 6.42 Å². The summed E-state index contributed by atoms with van der Waals surface area (Å²) in [4.78, 5) is 21.0. The molecule has 1 aromatic carbocycles. The number of carbonyl (C=O) groups excluding carboxylic acids is 1. The Labute approximate surface area is 193 Å². The molecule has 0 radical (unpaired) electrons. The van der Waals surface area contributed by atoms with Crippen molar-refractivity contribution in [2.75, 3.05) is 43.4 Å². The molecule has 0 aliphatic carbocycles. The third-order valence-electron chi connectivity index (χ3n) is 6.94. The lowest BCUT2D eigenvalue weighted by molar-refractivity contribution is 0.0959. The molecule has 3 aromatic rings. The zero-order chi connectivity index (χ0) is 22.1. The van der Waals surface area contributed by atoms with Gasteiger partial charge in [0.2, 0.25) is 0 Å². The molecule has 0 saturated carbocycles. The second-order valence-corrected chi connectivity index (χ2v) is 10.3. The first-order valence-corrected chi connectivity index (χ1v) is 12.3. The number of nitrogens with one attached hydrogen (secondary N) is 2. The summed E-state index contributed by atoms with van der Waals surface area (Å²) in [5.41, 5.74) is 10.6. The van der Waals surface area contributed by atoms with Gasteiger partial charge >= 0.3 is 0 Å². The van der Waals surface area contributed by atoms with E-state index in [0.29, 0.717) is 22.5 Å². The number of anilines is 2. The average Bonchev–Trinajstić information content (AvgIpc) is 3.35. The fourth-order valence-electron chi connectivity index (χ4n) is 5.07. The van der Waals surface area contributed by atoms with Gasteiger partial charge in [-0.15, -0.1) is 11.3 Å². The molecule has 168 valence electrons. The number of pyridine rings is 1. The molecule has 4 N–H and O–H groups in total. The Morgan fingerprint density at radius 2 is 2.09 bits per heavy atom. The molecule has 1 amide bonds. The first-order chi connectivity index (χ1) is 15.5. The van der Waals surface area contributed by atoms with Crippen LogP contribution in [0.25, 0.3) is 10.2 Å². The summed E-state index contributed by atoms with van der Waals surface area (Å²) in [6.45, 7) is 7.13. The number of aromatic nitrogens is 1. The number of rotatable bonds is 5. The molecular formula is C25H31N5OS. The maximum Gasteiger partial charge on any atom is 0.263 e. The van der Waals surface area contributed by atoms with Crippen molar-refractivity contribution in [3.63, 3.8) is 0 Å². The Balaban J connectivity index is 1.16. The zero-order valence-corrected chi connectivity index (χ0v) is 19.4. The van der Waals surface area contributed by atoms with Crippen LogP contribution in [0, 0.1) is 12.3 Å². The van der Waals surface area contributed by atoms with Crippen molar-refractivity contribution >= 4 is 38.8 Å². The molecular weight excluding hydrogens is 418 g/mol. The third-order valence-corrected chi connectivity index (χ3v) is 8.05. The molecule has 2 aliphatic heterocycles. The van der Waals surface area contributed by atoms with Crippen LogP contribution in [0.15, 0.2) is 36.4 Å². The number of amides is 1. The van der Waals surface area contributed by atoms with Gasteiger partial charge in [-0.1, -0.05) is 12.1 Å². The number of nitrogens with zero attached hydrogens (tertiary/aromatic N) is 2. The van der Waals surface area contributed by atoms with Crippen LogP contribution < -0.4 is 21.3 Å². The molecule has 2 aliphatic rings. The maximum atomic E-state index is 12.7. The number of nitrogen functional groups attached to an aromatic ring is 1. The van der Waals surface area contributed by atoms with E-state index in [1.165, 1.54) is 48.4 Å². The number of thiophene rings is 1. The summed E-state index contributed by atoms with van der Waals surface area (Å²) in [7, 11) is 0. The molecule has 0 unspecified atom stereocenters. The second-order valence-electron chi connectivity index (χ2n) is 9.27. The highest BCUT2D eigenvalue weighted by Crippen LogP contribution is 2.38. The highest BCUT2D eigenvalue weighted by Gasteiger charge is 2.38. The van der Waals surface area contributed by atoms with Gasteiger partial charge in [-0.25, -0.2) is 4.98 Å². The van der Waals surface area contributed by atoms with Crippen molar-refractivity contribution in [3.05, 3.63) is 52.5 Å². The van der Waals surface area contributed by atoms with Crippen LogP contribution in [0.3, 0.4) is 0 Å². The minimum Gasteiger partial charge on any atom is -0.397 e. The third kappa shape index (κ3) is 4.19. The zero-order valence-electron chi connectivity index (χ0n) is 18.6. The number of hydrogen-bond acceptors (Lipinski definition) is 6. The normalized spacial score (nSPS) is 20.8. The van der Waals surface area contributed by atoms with Crippen LogP contribution in [0.4, 0.5) is 11.4 Å². The van der Waals surface area contributed by atoms with E-state index in [-0.39, 0.29) is 5.91 Å². The lowest BCUT2D eigenvalue weighted by Crippen LogP contribution is -2.41. The molecule has 32 heavy (non-hydrogen) atoms. The van der Waals surface area contributed by atoms with Crippen LogP contribution in [0.1, 0.15) is 40.2 Å². The monoisotopic (exact) mass is 449 g/mol. The summed E-state index contributed by atoms with van der Waals surface area (Å²) in [5, 5.41) is 7.46. The van der Waals surface area contributed by atoms with E-state index in [0.717, 1.165) is 42.0 Å². The highest BCUT2D eigenvalue weighted by molar-refractivity contribution is 7.21. The molecule has 7 heteroatoms. The van der Waals surface area contributed by atoms with Gasteiger partial charge in [0.05, 0.1) is 5.69 Å². The molecule has 2 fully saturated rings. The topological polar surface area (TPSA) is 83.3 Å². The molecule has 2 saturated heterocycles. The number of piperidine rings is 1. The largest absolute Gasteiger partial charge is 0.397 e. The predicted molar refractivity (Wildman–Crippen MR) is 133 cm³/mol. The van der Waals surface area contributed by atoms with E-state index < -0.39 is 0 Å². The SMILES string of the molecule is Cc1ccc2c(N)c(C(=O)NCCc3ccc(N4CC[C@@]5(CCCNC5)C4)cc3)sc2n1. The number of carbonyl (C=O) groups is 1. The van der Waals surface area contributed by atoms with Gasteiger partial charge in [0.15, 0.2) is 0 Å². The van der Waals surface area contributed by atoms with Gasteiger partial charge in [0.25, 0.3) is 5.91 Å². The van der Waals surface area contributed by atoms with E-state index in [1.807, 2.05) is 19.1 Å². The molecule has 6 nitrogen and oxygen atoms in total.